The van der Waals surface area contributed by atoms with E-state index in [1.807, 2.05) is 18.2 Å². The van der Waals surface area contributed by atoms with Crippen LogP contribution in [0.5, 0.6) is 5.75 Å². The molecule has 1 fully saturated rings. The van der Waals surface area contributed by atoms with Gasteiger partial charge in [0.25, 0.3) is 0 Å². The third-order valence-electron chi connectivity index (χ3n) is 4.24. The summed E-state index contributed by atoms with van der Waals surface area (Å²) >= 11 is 5.99. The summed E-state index contributed by atoms with van der Waals surface area (Å²) in [5.41, 5.74) is 1.85. The maximum absolute atomic E-state index is 12.4. The first-order chi connectivity index (χ1) is 11.0. The average molecular weight is 331 g/mol. The second-order valence-electron chi connectivity index (χ2n) is 6.06. The Morgan fingerprint density at radius 2 is 1.91 bits per heavy atom. The van der Waals surface area contributed by atoms with Gasteiger partial charge in [-0.2, -0.15) is 0 Å². The van der Waals surface area contributed by atoms with Crippen molar-refractivity contribution in [2.24, 2.45) is 0 Å². The van der Waals surface area contributed by atoms with E-state index in [0.717, 1.165) is 0 Å². The fourth-order valence-electron chi connectivity index (χ4n) is 2.94. The lowest BCUT2D eigenvalue weighted by molar-refractivity contribution is 0.112. The fourth-order valence-corrected chi connectivity index (χ4v) is 3.11. The quantitative estimate of drug-likeness (QED) is 0.918. The zero-order chi connectivity index (χ0) is 16.4. The van der Waals surface area contributed by atoms with Crippen LogP contribution in [-0.4, -0.2) is 31.1 Å². The highest BCUT2D eigenvalue weighted by atomic mass is 35.5. The number of nitrogens with zero attached hydrogens (tertiary/aromatic N) is 1. The van der Waals surface area contributed by atoms with E-state index in [2.05, 4.69) is 24.4 Å². The van der Waals surface area contributed by atoms with Crippen LogP contribution in [-0.2, 0) is 5.41 Å². The van der Waals surface area contributed by atoms with Crippen molar-refractivity contribution >= 4 is 23.3 Å². The van der Waals surface area contributed by atoms with E-state index >= 15 is 0 Å². The van der Waals surface area contributed by atoms with Crippen LogP contribution in [0.4, 0.5) is 10.5 Å². The molecule has 0 aromatic heterocycles. The molecule has 0 saturated carbocycles. The molecule has 23 heavy (non-hydrogen) atoms. The molecule has 1 heterocycles. The number of anilines is 1. The predicted molar refractivity (Wildman–Crippen MR) is 92.4 cm³/mol. The molecular formula is C18H19ClN2O2. The Morgan fingerprint density at radius 3 is 2.57 bits per heavy atom. The van der Waals surface area contributed by atoms with E-state index in [4.69, 9.17) is 16.3 Å². The Morgan fingerprint density at radius 1 is 1.22 bits per heavy atom. The van der Waals surface area contributed by atoms with Crippen molar-refractivity contribution in [1.82, 2.24) is 4.90 Å². The number of amides is 2. The molecule has 4 nitrogen and oxygen atoms in total. The van der Waals surface area contributed by atoms with Gasteiger partial charge in [0.1, 0.15) is 5.75 Å². The molecule has 2 amide bonds. The summed E-state index contributed by atoms with van der Waals surface area (Å²) in [4.78, 5) is 14.2. The molecule has 1 N–H and O–H groups in total. The molecule has 0 unspecified atom stereocenters. The minimum atomic E-state index is -0.140. The van der Waals surface area contributed by atoms with E-state index in [1.165, 1.54) is 5.56 Å². The standard InChI is InChI=1S/C18H19ClN2O2/c1-18(13-6-4-3-5-7-13)11-21(12-18)17(22)20-15-10-14(19)8-9-16(15)23-2/h3-10H,11-12H2,1-2H3,(H,20,22). The highest BCUT2D eigenvalue weighted by molar-refractivity contribution is 6.31. The number of rotatable bonds is 3. The van der Waals surface area contributed by atoms with Crippen LogP contribution < -0.4 is 10.1 Å². The van der Waals surface area contributed by atoms with E-state index < -0.39 is 0 Å². The Hall–Kier alpha value is -2.20. The van der Waals surface area contributed by atoms with Crippen LogP contribution in [0, 0.1) is 0 Å². The van der Waals surface area contributed by atoms with E-state index in [1.54, 1.807) is 30.2 Å². The summed E-state index contributed by atoms with van der Waals surface area (Å²) < 4.78 is 5.25. The number of urea groups is 1. The van der Waals surface area contributed by atoms with Crippen molar-refractivity contribution in [2.75, 3.05) is 25.5 Å². The van der Waals surface area contributed by atoms with Gasteiger partial charge < -0.3 is 15.0 Å². The molecule has 0 radical (unpaired) electrons. The zero-order valence-electron chi connectivity index (χ0n) is 13.2. The second kappa shape index (κ2) is 6.13. The number of methoxy groups -OCH3 is 1. The second-order valence-corrected chi connectivity index (χ2v) is 6.49. The van der Waals surface area contributed by atoms with Gasteiger partial charge in [0.05, 0.1) is 12.8 Å². The minimum absolute atomic E-state index is 0.0109. The van der Waals surface area contributed by atoms with Gasteiger partial charge in [-0.15, -0.1) is 0 Å². The molecule has 2 aromatic carbocycles. The molecule has 1 aliphatic rings. The first kappa shape index (κ1) is 15.7. The SMILES string of the molecule is COc1ccc(Cl)cc1NC(=O)N1CC(C)(c2ccccc2)C1. The molecule has 1 saturated heterocycles. The number of benzene rings is 2. The summed E-state index contributed by atoms with van der Waals surface area (Å²) in [6.07, 6.45) is 0. The summed E-state index contributed by atoms with van der Waals surface area (Å²) in [5, 5.41) is 3.43. The number of halogens is 1. The lowest BCUT2D eigenvalue weighted by atomic mass is 9.76. The van der Waals surface area contributed by atoms with Crippen LogP contribution in [0.25, 0.3) is 0 Å². The van der Waals surface area contributed by atoms with Gasteiger partial charge in [-0.3, -0.25) is 0 Å². The first-order valence-electron chi connectivity index (χ1n) is 7.47. The molecule has 0 bridgehead atoms. The largest absolute Gasteiger partial charge is 0.495 e. The fraction of sp³-hybridized carbons (Fsp3) is 0.278. The van der Waals surface area contributed by atoms with Crippen molar-refractivity contribution in [2.45, 2.75) is 12.3 Å². The number of ether oxygens (including phenoxy) is 1. The lowest BCUT2D eigenvalue weighted by Crippen LogP contribution is -2.60. The van der Waals surface area contributed by atoms with Gasteiger partial charge in [-0.05, 0) is 23.8 Å². The van der Waals surface area contributed by atoms with Crippen molar-refractivity contribution in [1.29, 1.82) is 0 Å². The maximum atomic E-state index is 12.4. The number of carbonyl (C=O) groups is 1. The molecule has 0 atom stereocenters. The van der Waals surface area contributed by atoms with Crippen LogP contribution in [0.3, 0.4) is 0 Å². The van der Waals surface area contributed by atoms with Crippen LogP contribution in [0.2, 0.25) is 5.02 Å². The van der Waals surface area contributed by atoms with Crippen LogP contribution >= 0.6 is 11.6 Å². The summed E-state index contributed by atoms with van der Waals surface area (Å²) in [7, 11) is 1.56. The minimum Gasteiger partial charge on any atom is -0.495 e. The summed E-state index contributed by atoms with van der Waals surface area (Å²) in [6.45, 7) is 3.55. The van der Waals surface area contributed by atoms with Crippen LogP contribution in [0.1, 0.15) is 12.5 Å². The third kappa shape index (κ3) is 3.13. The molecule has 2 aromatic rings. The highest BCUT2D eigenvalue weighted by Crippen LogP contribution is 2.35. The highest BCUT2D eigenvalue weighted by Gasteiger charge is 2.42. The molecule has 3 rings (SSSR count). The van der Waals surface area contributed by atoms with Gasteiger partial charge in [-0.1, -0.05) is 48.9 Å². The van der Waals surface area contributed by atoms with Gasteiger partial charge in [0.15, 0.2) is 0 Å². The molecule has 120 valence electrons. The first-order valence-corrected chi connectivity index (χ1v) is 7.85. The van der Waals surface area contributed by atoms with Gasteiger partial charge in [0.2, 0.25) is 0 Å². The zero-order valence-corrected chi connectivity index (χ0v) is 13.9. The summed E-state index contributed by atoms with van der Waals surface area (Å²) in [6, 6.07) is 15.3. The lowest BCUT2D eigenvalue weighted by Gasteiger charge is -2.48. The monoisotopic (exact) mass is 330 g/mol. The topological polar surface area (TPSA) is 41.6 Å². The number of hydrogen-bond acceptors (Lipinski definition) is 2. The van der Waals surface area contributed by atoms with E-state index in [-0.39, 0.29) is 11.4 Å². The van der Waals surface area contributed by atoms with E-state index in [0.29, 0.717) is 29.5 Å². The number of carbonyl (C=O) groups excluding carboxylic acids is 1. The third-order valence-corrected chi connectivity index (χ3v) is 4.48. The Labute approximate surface area is 141 Å². The smallest absolute Gasteiger partial charge is 0.322 e. The summed E-state index contributed by atoms with van der Waals surface area (Å²) in [5.74, 6) is 0.592. The molecule has 1 aliphatic heterocycles. The Balaban J connectivity index is 1.67. The Bertz CT molecular complexity index is 712. The van der Waals surface area contributed by atoms with E-state index in [9.17, 15) is 4.79 Å². The van der Waals surface area contributed by atoms with Crippen molar-refractivity contribution in [3.8, 4) is 5.75 Å². The molecule has 0 spiro atoms. The number of likely N-dealkylation sites (tertiary alicyclic amines) is 1. The normalized spacial score (nSPS) is 15.7. The van der Waals surface area contributed by atoms with Crippen molar-refractivity contribution in [3.63, 3.8) is 0 Å². The van der Waals surface area contributed by atoms with Gasteiger partial charge >= 0.3 is 6.03 Å². The predicted octanol–water partition coefficient (Wildman–Crippen LogP) is 4.15. The van der Waals surface area contributed by atoms with Gasteiger partial charge in [-0.25, -0.2) is 4.79 Å². The van der Waals surface area contributed by atoms with Crippen LogP contribution in [0.15, 0.2) is 48.5 Å². The van der Waals surface area contributed by atoms with Crippen molar-refractivity contribution in [3.05, 3.63) is 59.1 Å². The maximum Gasteiger partial charge on any atom is 0.322 e. The van der Waals surface area contributed by atoms with Gasteiger partial charge in [0, 0.05) is 23.5 Å². The molecule has 5 heteroatoms. The van der Waals surface area contributed by atoms with Crippen molar-refractivity contribution < 1.29 is 9.53 Å². The molecule has 0 aliphatic carbocycles. The average Bonchev–Trinajstić information content (AvgIpc) is 2.53. The Kier molecular flexibility index (Phi) is 4.18. The number of hydrogen-bond donors (Lipinski definition) is 1. The molecular weight excluding hydrogens is 312 g/mol. The number of nitrogens with one attached hydrogen (secondary N) is 1.